The van der Waals surface area contributed by atoms with Crippen LogP contribution in [0.4, 0.5) is 4.79 Å². The average molecular weight is 405 g/mol. The van der Waals surface area contributed by atoms with Crippen molar-refractivity contribution in [2.24, 2.45) is 0 Å². The third-order valence-electron chi connectivity index (χ3n) is 5.83. The molecule has 6 nitrogen and oxygen atoms in total. The fraction of sp³-hybridized carbons (Fsp3) is 0.333. The van der Waals surface area contributed by atoms with Gasteiger partial charge in [-0.3, -0.25) is 4.79 Å². The van der Waals surface area contributed by atoms with Crippen molar-refractivity contribution in [3.05, 3.63) is 71.9 Å². The molecule has 3 N–H and O–H groups in total. The van der Waals surface area contributed by atoms with Gasteiger partial charge in [0.1, 0.15) is 0 Å². The number of para-hydroxylation sites is 1. The molecule has 0 unspecified atom stereocenters. The summed E-state index contributed by atoms with van der Waals surface area (Å²) in [6.45, 7) is 2.36. The minimum Gasteiger partial charge on any atom is -0.361 e. The van der Waals surface area contributed by atoms with Crippen molar-refractivity contribution in [3.8, 4) is 0 Å². The molecular weight excluding hydrogens is 376 g/mol. The Bertz CT molecular complexity index is 991. The quantitative estimate of drug-likeness (QED) is 0.585. The summed E-state index contributed by atoms with van der Waals surface area (Å²) in [5.41, 5.74) is 3.57. The molecule has 0 aliphatic carbocycles. The van der Waals surface area contributed by atoms with Crippen molar-refractivity contribution in [1.82, 2.24) is 20.5 Å². The number of amides is 3. The molecule has 0 radical (unpaired) electrons. The van der Waals surface area contributed by atoms with Crippen molar-refractivity contribution in [2.45, 2.75) is 31.7 Å². The highest BCUT2D eigenvalue weighted by atomic mass is 16.2. The Labute approximate surface area is 176 Å². The minimum atomic E-state index is -0.246. The number of nitrogens with one attached hydrogen (secondary N) is 3. The molecule has 1 aliphatic heterocycles. The van der Waals surface area contributed by atoms with Gasteiger partial charge in [-0.25, -0.2) is 4.79 Å². The maximum absolute atomic E-state index is 12.5. The first-order valence-electron chi connectivity index (χ1n) is 10.6. The minimum absolute atomic E-state index is 0.107. The van der Waals surface area contributed by atoms with Crippen molar-refractivity contribution < 1.29 is 9.59 Å². The summed E-state index contributed by atoms with van der Waals surface area (Å²) in [5.74, 6) is 0.586. The number of carbonyl (C=O) groups is 2. The lowest BCUT2D eigenvalue weighted by Gasteiger charge is -2.32. The zero-order valence-electron chi connectivity index (χ0n) is 17.1. The van der Waals surface area contributed by atoms with Gasteiger partial charge in [0.25, 0.3) is 0 Å². The summed E-state index contributed by atoms with van der Waals surface area (Å²) in [7, 11) is 0. The SMILES string of the molecule is O=C(NCCC(=O)N1CCC(c2c[nH]c3ccccc23)CC1)NCc1ccccc1. The molecule has 2 aromatic carbocycles. The maximum Gasteiger partial charge on any atom is 0.315 e. The zero-order chi connectivity index (χ0) is 20.8. The molecule has 30 heavy (non-hydrogen) atoms. The van der Waals surface area contributed by atoms with E-state index in [9.17, 15) is 9.59 Å². The smallest absolute Gasteiger partial charge is 0.315 e. The predicted molar refractivity (Wildman–Crippen MR) is 118 cm³/mol. The summed E-state index contributed by atoms with van der Waals surface area (Å²) in [6.07, 6.45) is 4.39. The van der Waals surface area contributed by atoms with Gasteiger partial charge in [-0.15, -0.1) is 0 Å². The number of fused-ring (bicyclic) bond motifs is 1. The number of H-pyrrole nitrogens is 1. The van der Waals surface area contributed by atoms with Crippen LogP contribution >= 0.6 is 0 Å². The highest BCUT2D eigenvalue weighted by molar-refractivity contribution is 5.83. The lowest BCUT2D eigenvalue weighted by atomic mass is 9.89. The number of nitrogens with zero attached hydrogens (tertiary/aromatic N) is 1. The van der Waals surface area contributed by atoms with Crippen LogP contribution in [0.1, 0.15) is 36.3 Å². The van der Waals surface area contributed by atoms with Gasteiger partial charge in [0.2, 0.25) is 5.91 Å². The third-order valence-corrected chi connectivity index (χ3v) is 5.83. The Balaban J connectivity index is 1.18. The van der Waals surface area contributed by atoms with Crippen LogP contribution in [0, 0.1) is 0 Å². The summed E-state index contributed by atoms with van der Waals surface area (Å²) in [4.78, 5) is 29.7. The summed E-state index contributed by atoms with van der Waals surface area (Å²) in [6, 6.07) is 17.9. The maximum atomic E-state index is 12.5. The molecule has 1 fully saturated rings. The fourth-order valence-corrected chi connectivity index (χ4v) is 4.15. The van der Waals surface area contributed by atoms with E-state index in [0.29, 0.717) is 25.4 Å². The van der Waals surface area contributed by atoms with Crippen LogP contribution in [-0.4, -0.2) is 41.5 Å². The van der Waals surface area contributed by atoms with Crippen LogP contribution in [0.15, 0.2) is 60.8 Å². The second-order valence-electron chi connectivity index (χ2n) is 7.79. The zero-order valence-corrected chi connectivity index (χ0v) is 17.1. The van der Waals surface area contributed by atoms with Gasteiger partial charge < -0.3 is 20.5 Å². The van der Waals surface area contributed by atoms with Crippen LogP contribution in [-0.2, 0) is 11.3 Å². The second kappa shape index (κ2) is 9.48. The van der Waals surface area contributed by atoms with E-state index >= 15 is 0 Å². The van der Waals surface area contributed by atoms with Gasteiger partial charge in [-0.1, -0.05) is 48.5 Å². The van der Waals surface area contributed by atoms with E-state index < -0.39 is 0 Å². The lowest BCUT2D eigenvalue weighted by Crippen LogP contribution is -2.41. The molecule has 6 heteroatoms. The molecule has 3 aromatic rings. The summed E-state index contributed by atoms with van der Waals surface area (Å²) < 4.78 is 0. The van der Waals surface area contributed by atoms with E-state index in [2.05, 4.69) is 40.0 Å². The fourth-order valence-electron chi connectivity index (χ4n) is 4.15. The largest absolute Gasteiger partial charge is 0.361 e. The van der Waals surface area contributed by atoms with Crippen molar-refractivity contribution >= 4 is 22.8 Å². The molecule has 3 amide bonds. The van der Waals surface area contributed by atoms with E-state index in [1.54, 1.807) is 0 Å². The van der Waals surface area contributed by atoms with Gasteiger partial charge in [0.05, 0.1) is 0 Å². The number of likely N-dealkylation sites (tertiary alicyclic amines) is 1. The first kappa shape index (κ1) is 20.0. The van der Waals surface area contributed by atoms with E-state index in [-0.39, 0.29) is 11.9 Å². The molecule has 0 atom stereocenters. The number of benzene rings is 2. The Morgan fingerprint density at radius 2 is 1.70 bits per heavy atom. The number of aromatic amines is 1. The van der Waals surface area contributed by atoms with Crippen LogP contribution in [0.25, 0.3) is 10.9 Å². The summed E-state index contributed by atoms with van der Waals surface area (Å²) in [5, 5.41) is 6.87. The molecule has 1 saturated heterocycles. The third kappa shape index (κ3) is 4.82. The number of hydrogen-bond donors (Lipinski definition) is 3. The Morgan fingerprint density at radius 3 is 2.50 bits per heavy atom. The average Bonchev–Trinajstić information content (AvgIpc) is 3.23. The number of urea groups is 1. The Hall–Kier alpha value is -3.28. The van der Waals surface area contributed by atoms with Gasteiger partial charge in [-0.05, 0) is 36.0 Å². The molecule has 156 valence electrons. The van der Waals surface area contributed by atoms with Gasteiger partial charge in [0, 0.05) is 49.7 Å². The highest BCUT2D eigenvalue weighted by Crippen LogP contribution is 2.33. The molecule has 0 bridgehead atoms. The molecule has 0 spiro atoms. The van der Waals surface area contributed by atoms with Crippen molar-refractivity contribution in [1.29, 1.82) is 0 Å². The molecular formula is C24H28N4O2. The van der Waals surface area contributed by atoms with Gasteiger partial charge in [-0.2, -0.15) is 0 Å². The first-order chi connectivity index (χ1) is 14.7. The van der Waals surface area contributed by atoms with E-state index in [0.717, 1.165) is 31.5 Å². The molecule has 2 heterocycles. The van der Waals surface area contributed by atoms with Crippen LogP contribution in [0.2, 0.25) is 0 Å². The van der Waals surface area contributed by atoms with E-state index in [1.807, 2.05) is 41.3 Å². The van der Waals surface area contributed by atoms with Gasteiger partial charge in [0.15, 0.2) is 0 Å². The summed E-state index contributed by atoms with van der Waals surface area (Å²) >= 11 is 0. The van der Waals surface area contributed by atoms with Crippen LogP contribution in [0.5, 0.6) is 0 Å². The van der Waals surface area contributed by atoms with E-state index in [1.165, 1.54) is 16.5 Å². The van der Waals surface area contributed by atoms with Crippen molar-refractivity contribution in [2.75, 3.05) is 19.6 Å². The molecule has 1 aromatic heterocycles. The Morgan fingerprint density at radius 1 is 0.967 bits per heavy atom. The highest BCUT2D eigenvalue weighted by Gasteiger charge is 2.25. The number of carbonyl (C=O) groups excluding carboxylic acids is 2. The monoisotopic (exact) mass is 404 g/mol. The van der Waals surface area contributed by atoms with Crippen LogP contribution < -0.4 is 10.6 Å². The standard InChI is InChI=1S/C24H28N4O2/c29-23(10-13-25-24(30)27-16-18-6-2-1-3-7-18)28-14-11-19(12-15-28)21-17-26-22-9-5-4-8-20(21)22/h1-9,17,19,26H,10-16H2,(H2,25,27,30). The normalized spacial score (nSPS) is 14.6. The molecule has 4 rings (SSSR count). The number of piperidine rings is 1. The van der Waals surface area contributed by atoms with Crippen molar-refractivity contribution in [3.63, 3.8) is 0 Å². The van der Waals surface area contributed by atoms with Gasteiger partial charge >= 0.3 is 6.03 Å². The lowest BCUT2D eigenvalue weighted by molar-refractivity contribution is -0.132. The molecule has 1 aliphatic rings. The number of aromatic nitrogens is 1. The van der Waals surface area contributed by atoms with Crippen LogP contribution in [0.3, 0.4) is 0 Å². The van der Waals surface area contributed by atoms with E-state index in [4.69, 9.17) is 0 Å². The first-order valence-corrected chi connectivity index (χ1v) is 10.6. The number of rotatable bonds is 6. The predicted octanol–water partition coefficient (Wildman–Crippen LogP) is 3.76. The number of hydrogen-bond acceptors (Lipinski definition) is 2. The second-order valence-corrected chi connectivity index (χ2v) is 7.79. The Kier molecular flexibility index (Phi) is 6.32. The topological polar surface area (TPSA) is 77.2 Å². The molecule has 0 saturated carbocycles.